The van der Waals surface area contributed by atoms with E-state index in [2.05, 4.69) is 15.0 Å². The SMILES string of the molecule is COCCOCCOCCOc1nc(=S)[nH]c(=S)[nH]1. The third-order valence-electron chi connectivity index (χ3n) is 1.91. The topological polar surface area (TPSA) is 81.4 Å². The molecule has 7 nitrogen and oxygen atoms in total. The average molecular weight is 307 g/mol. The van der Waals surface area contributed by atoms with Gasteiger partial charge in [-0.05, 0) is 24.4 Å². The van der Waals surface area contributed by atoms with Crippen LogP contribution in [0.4, 0.5) is 0 Å². The number of methoxy groups -OCH3 is 1. The largest absolute Gasteiger partial charge is 0.462 e. The van der Waals surface area contributed by atoms with Crippen LogP contribution in [0.2, 0.25) is 0 Å². The molecule has 0 aliphatic heterocycles. The van der Waals surface area contributed by atoms with Crippen molar-refractivity contribution in [3.8, 4) is 6.01 Å². The summed E-state index contributed by atoms with van der Waals surface area (Å²) in [5.41, 5.74) is 0. The quantitative estimate of drug-likeness (QED) is 0.497. The van der Waals surface area contributed by atoms with E-state index in [9.17, 15) is 0 Å². The lowest BCUT2D eigenvalue weighted by Crippen LogP contribution is -2.13. The normalized spacial score (nSPS) is 10.6. The Hall–Kier alpha value is -0.870. The van der Waals surface area contributed by atoms with Crippen LogP contribution in [-0.2, 0) is 14.2 Å². The maximum atomic E-state index is 5.31. The zero-order valence-corrected chi connectivity index (χ0v) is 12.3. The van der Waals surface area contributed by atoms with E-state index in [1.54, 1.807) is 7.11 Å². The van der Waals surface area contributed by atoms with Gasteiger partial charge in [0, 0.05) is 7.11 Å². The van der Waals surface area contributed by atoms with Crippen molar-refractivity contribution in [2.24, 2.45) is 0 Å². The van der Waals surface area contributed by atoms with E-state index in [1.807, 2.05) is 0 Å². The van der Waals surface area contributed by atoms with Crippen molar-refractivity contribution < 1.29 is 18.9 Å². The van der Waals surface area contributed by atoms with Crippen LogP contribution in [0.3, 0.4) is 0 Å². The van der Waals surface area contributed by atoms with E-state index in [4.69, 9.17) is 43.4 Å². The zero-order valence-electron chi connectivity index (χ0n) is 10.6. The number of nitrogens with zero attached hydrogens (tertiary/aromatic N) is 1. The standard InChI is InChI=1S/C10H17N3O4S2/c1-14-2-3-15-4-5-16-6-7-17-8-11-9(18)13-10(19)12-8/h2-7H2,1H3,(H2,11,12,13,18,19). The molecule has 0 atom stereocenters. The van der Waals surface area contributed by atoms with Gasteiger partial charge in [0.15, 0.2) is 4.77 Å². The summed E-state index contributed by atoms with van der Waals surface area (Å²) in [7, 11) is 1.63. The molecule has 0 fully saturated rings. The number of hydrogen-bond acceptors (Lipinski definition) is 7. The number of ether oxygens (including phenoxy) is 4. The first-order valence-electron chi connectivity index (χ1n) is 5.70. The molecule has 0 amide bonds. The second kappa shape index (κ2) is 9.98. The minimum atomic E-state index is 0.284. The van der Waals surface area contributed by atoms with Gasteiger partial charge < -0.3 is 23.9 Å². The fourth-order valence-electron chi connectivity index (χ4n) is 1.10. The number of H-pyrrole nitrogens is 2. The predicted octanol–water partition coefficient (Wildman–Crippen LogP) is 1.26. The van der Waals surface area contributed by atoms with Crippen LogP contribution >= 0.6 is 24.4 Å². The molecule has 0 aliphatic carbocycles. The van der Waals surface area contributed by atoms with Crippen LogP contribution in [0, 0.1) is 9.54 Å². The Balaban J connectivity index is 2.04. The molecule has 1 aromatic rings. The van der Waals surface area contributed by atoms with Gasteiger partial charge in [-0.2, -0.15) is 4.98 Å². The first-order valence-corrected chi connectivity index (χ1v) is 6.52. The summed E-state index contributed by atoms with van der Waals surface area (Å²) in [5.74, 6) is 0. The first kappa shape index (κ1) is 16.2. The lowest BCUT2D eigenvalue weighted by Gasteiger charge is -2.06. The lowest BCUT2D eigenvalue weighted by atomic mass is 10.7. The van der Waals surface area contributed by atoms with Gasteiger partial charge in [-0.1, -0.05) is 0 Å². The Kier molecular flexibility index (Phi) is 8.50. The van der Waals surface area contributed by atoms with Crippen LogP contribution in [-0.4, -0.2) is 61.7 Å². The Bertz CT molecular complexity index is 434. The number of hydrogen-bond donors (Lipinski definition) is 2. The Labute approximate surface area is 121 Å². The van der Waals surface area contributed by atoms with Gasteiger partial charge in [0.05, 0.1) is 33.0 Å². The van der Waals surface area contributed by atoms with Gasteiger partial charge in [0.25, 0.3) is 6.01 Å². The highest BCUT2D eigenvalue weighted by Gasteiger charge is 1.96. The van der Waals surface area contributed by atoms with Crippen molar-refractivity contribution in [1.82, 2.24) is 15.0 Å². The maximum absolute atomic E-state index is 5.31. The van der Waals surface area contributed by atoms with E-state index in [1.165, 1.54) is 0 Å². The molecule has 108 valence electrons. The van der Waals surface area contributed by atoms with Crippen molar-refractivity contribution in [3.05, 3.63) is 9.54 Å². The molecule has 0 aliphatic rings. The average Bonchev–Trinajstić information content (AvgIpc) is 2.36. The monoisotopic (exact) mass is 307 g/mol. The van der Waals surface area contributed by atoms with Crippen molar-refractivity contribution in [2.45, 2.75) is 0 Å². The van der Waals surface area contributed by atoms with Crippen LogP contribution < -0.4 is 4.74 Å². The third kappa shape index (κ3) is 8.01. The van der Waals surface area contributed by atoms with E-state index in [0.717, 1.165) is 0 Å². The molecule has 0 bridgehead atoms. The molecular formula is C10H17N3O4S2. The molecule has 1 rings (SSSR count). The maximum Gasteiger partial charge on any atom is 0.298 e. The molecule has 0 unspecified atom stereocenters. The summed E-state index contributed by atoms with van der Waals surface area (Å²) in [4.78, 5) is 9.33. The minimum absolute atomic E-state index is 0.284. The molecule has 19 heavy (non-hydrogen) atoms. The molecular weight excluding hydrogens is 290 g/mol. The highest BCUT2D eigenvalue weighted by molar-refractivity contribution is 7.71. The molecule has 0 radical (unpaired) electrons. The molecule has 1 heterocycles. The second-order valence-corrected chi connectivity index (χ2v) is 4.16. The van der Waals surface area contributed by atoms with Gasteiger partial charge in [0.2, 0.25) is 4.77 Å². The van der Waals surface area contributed by atoms with Crippen molar-refractivity contribution >= 4 is 24.4 Å². The van der Waals surface area contributed by atoms with Crippen molar-refractivity contribution in [1.29, 1.82) is 0 Å². The third-order valence-corrected chi connectivity index (χ3v) is 2.31. The Morgan fingerprint density at radius 2 is 1.58 bits per heavy atom. The summed E-state index contributed by atoms with van der Waals surface area (Å²) in [6.45, 7) is 2.98. The van der Waals surface area contributed by atoms with Gasteiger partial charge in [-0.15, -0.1) is 0 Å². The molecule has 0 spiro atoms. The predicted molar refractivity (Wildman–Crippen MR) is 73.6 cm³/mol. The molecule has 1 aromatic heterocycles. The fraction of sp³-hybridized carbons (Fsp3) is 0.700. The second-order valence-electron chi connectivity index (χ2n) is 3.37. The number of aromatic nitrogens is 3. The number of nitrogens with one attached hydrogen (secondary N) is 2. The van der Waals surface area contributed by atoms with Gasteiger partial charge in [-0.25, -0.2) is 0 Å². The summed E-state index contributed by atoms with van der Waals surface area (Å²) in [6, 6.07) is 0.286. The van der Waals surface area contributed by atoms with Crippen LogP contribution in [0.25, 0.3) is 0 Å². The number of aromatic amines is 2. The summed E-state index contributed by atoms with van der Waals surface area (Å²) in [6.07, 6.45) is 0. The highest BCUT2D eigenvalue weighted by atomic mass is 32.1. The summed E-state index contributed by atoms with van der Waals surface area (Å²) < 4.78 is 21.3. The Morgan fingerprint density at radius 3 is 2.21 bits per heavy atom. The van der Waals surface area contributed by atoms with E-state index in [0.29, 0.717) is 44.4 Å². The van der Waals surface area contributed by atoms with Crippen LogP contribution in [0.1, 0.15) is 0 Å². The molecule has 0 saturated heterocycles. The number of rotatable bonds is 10. The van der Waals surface area contributed by atoms with E-state index in [-0.39, 0.29) is 10.8 Å². The first-order chi connectivity index (χ1) is 9.22. The van der Waals surface area contributed by atoms with Crippen molar-refractivity contribution in [2.75, 3.05) is 46.8 Å². The van der Waals surface area contributed by atoms with Gasteiger partial charge in [-0.3, -0.25) is 4.98 Å². The highest BCUT2D eigenvalue weighted by Crippen LogP contribution is 1.98. The van der Waals surface area contributed by atoms with Gasteiger partial charge in [0.1, 0.15) is 6.61 Å². The van der Waals surface area contributed by atoms with E-state index >= 15 is 0 Å². The molecule has 0 aromatic carbocycles. The Morgan fingerprint density at radius 1 is 0.947 bits per heavy atom. The molecule has 9 heteroatoms. The minimum Gasteiger partial charge on any atom is -0.462 e. The van der Waals surface area contributed by atoms with Crippen molar-refractivity contribution in [3.63, 3.8) is 0 Å². The van der Waals surface area contributed by atoms with Gasteiger partial charge >= 0.3 is 0 Å². The summed E-state index contributed by atoms with van der Waals surface area (Å²) >= 11 is 9.77. The van der Waals surface area contributed by atoms with E-state index < -0.39 is 0 Å². The zero-order chi connectivity index (χ0) is 13.9. The molecule has 0 saturated carbocycles. The lowest BCUT2D eigenvalue weighted by molar-refractivity contribution is 0.0172. The van der Waals surface area contributed by atoms with Crippen LogP contribution in [0.5, 0.6) is 6.01 Å². The fourth-order valence-corrected chi connectivity index (χ4v) is 1.54. The summed E-state index contributed by atoms with van der Waals surface area (Å²) in [5, 5.41) is 0. The smallest absolute Gasteiger partial charge is 0.298 e. The molecule has 2 N–H and O–H groups in total. The van der Waals surface area contributed by atoms with Crippen LogP contribution in [0.15, 0.2) is 0 Å².